The van der Waals surface area contributed by atoms with Crippen LogP contribution in [-0.2, 0) is 0 Å². The molecule has 0 unspecified atom stereocenters. The minimum atomic E-state index is 0.357. The molecule has 2 rings (SSSR count). The molecule has 0 spiro atoms. The Balaban J connectivity index is 2.48. The Labute approximate surface area is 81.4 Å². The summed E-state index contributed by atoms with van der Waals surface area (Å²) in [6.45, 7) is 1.89. The van der Waals surface area contributed by atoms with Gasteiger partial charge < -0.3 is 4.74 Å². The third-order valence-electron chi connectivity index (χ3n) is 1.74. The maximum atomic E-state index is 4.97. The minimum Gasteiger partial charge on any atom is -0.467 e. The van der Waals surface area contributed by atoms with Crippen LogP contribution in [0.15, 0.2) is 24.5 Å². The second-order valence-electron chi connectivity index (χ2n) is 2.80. The predicted molar refractivity (Wildman–Crippen MR) is 50.4 cm³/mol. The molecule has 5 heteroatoms. The van der Waals surface area contributed by atoms with Crippen LogP contribution in [0.1, 0.15) is 5.69 Å². The summed E-state index contributed by atoms with van der Waals surface area (Å²) in [4.78, 5) is 8.25. The zero-order valence-corrected chi connectivity index (χ0v) is 8.01. The molecule has 0 aliphatic heterocycles. The summed E-state index contributed by atoms with van der Waals surface area (Å²) in [5.41, 5.74) is 0.849. The molecule has 0 aromatic carbocycles. The monoisotopic (exact) mass is 190 g/mol. The smallest absolute Gasteiger partial charge is 0.318 e. The van der Waals surface area contributed by atoms with Crippen LogP contribution in [0.3, 0.4) is 0 Å². The number of ether oxygens (including phenoxy) is 1. The standard InChI is InChI=1S/C9H10N4O/c1-7-6-8(12-9(11-7)14-2)13-5-3-4-10-13/h3-6H,1-2H3. The van der Waals surface area contributed by atoms with Gasteiger partial charge in [-0.25, -0.2) is 9.67 Å². The van der Waals surface area contributed by atoms with Crippen LogP contribution in [0.2, 0.25) is 0 Å². The van der Waals surface area contributed by atoms with Gasteiger partial charge in [-0.2, -0.15) is 10.1 Å². The third kappa shape index (κ3) is 1.56. The van der Waals surface area contributed by atoms with Gasteiger partial charge in [0.1, 0.15) is 0 Å². The van der Waals surface area contributed by atoms with E-state index in [-0.39, 0.29) is 0 Å². The average Bonchev–Trinajstić information content (AvgIpc) is 2.69. The Morgan fingerprint density at radius 1 is 1.36 bits per heavy atom. The van der Waals surface area contributed by atoms with Crippen molar-refractivity contribution >= 4 is 0 Å². The molecule has 72 valence electrons. The number of hydrogen-bond acceptors (Lipinski definition) is 4. The number of rotatable bonds is 2. The average molecular weight is 190 g/mol. The van der Waals surface area contributed by atoms with Crippen LogP contribution < -0.4 is 4.74 Å². The lowest BCUT2D eigenvalue weighted by molar-refractivity contribution is 0.377. The quantitative estimate of drug-likeness (QED) is 0.708. The highest BCUT2D eigenvalue weighted by atomic mass is 16.5. The van der Waals surface area contributed by atoms with E-state index in [4.69, 9.17) is 4.74 Å². The van der Waals surface area contributed by atoms with Crippen LogP contribution in [-0.4, -0.2) is 26.9 Å². The lowest BCUT2D eigenvalue weighted by Gasteiger charge is -2.03. The van der Waals surface area contributed by atoms with Crippen LogP contribution in [0.5, 0.6) is 6.01 Å². The molecule has 2 heterocycles. The maximum Gasteiger partial charge on any atom is 0.318 e. The van der Waals surface area contributed by atoms with Crippen molar-refractivity contribution in [1.29, 1.82) is 0 Å². The Kier molecular flexibility index (Phi) is 2.14. The molecule has 2 aromatic rings. The van der Waals surface area contributed by atoms with E-state index in [9.17, 15) is 0 Å². The molecule has 0 amide bonds. The lowest BCUT2D eigenvalue weighted by atomic mass is 10.4. The highest BCUT2D eigenvalue weighted by molar-refractivity contribution is 5.25. The van der Waals surface area contributed by atoms with Crippen LogP contribution in [0, 0.1) is 6.92 Å². The Hall–Kier alpha value is -1.91. The summed E-state index contributed by atoms with van der Waals surface area (Å²) < 4.78 is 6.63. The van der Waals surface area contributed by atoms with Crippen LogP contribution in [0.4, 0.5) is 0 Å². The number of hydrogen-bond donors (Lipinski definition) is 0. The molecule has 0 bridgehead atoms. The molecule has 0 atom stereocenters. The summed E-state index contributed by atoms with van der Waals surface area (Å²) >= 11 is 0. The molecule has 5 nitrogen and oxygen atoms in total. The van der Waals surface area contributed by atoms with Gasteiger partial charge in [-0.15, -0.1) is 0 Å². The molecule has 2 aromatic heterocycles. The third-order valence-corrected chi connectivity index (χ3v) is 1.74. The van der Waals surface area contributed by atoms with E-state index in [1.165, 1.54) is 0 Å². The second-order valence-corrected chi connectivity index (χ2v) is 2.80. The second kappa shape index (κ2) is 3.45. The zero-order chi connectivity index (χ0) is 9.97. The fourth-order valence-corrected chi connectivity index (χ4v) is 1.14. The highest BCUT2D eigenvalue weighted by Crippen LogP contribution is 2.09. The van der Waals surface area contributed by atoms with Gasteiger partial charge in [0.05, 0.1) is 7.11 Å². The van der Waals surface area contributed by atoms with E-state index in [1.54, 1.807) is 18.0 Å². The number of nitrogens with zero attached hydrogens (tertiary/aromatic N) is 4. The summed E-state index contributed by atoms with van der Waals surface area (Å²) in [6, 6.07) is 4.04. The summed E-state index contributed by atoms with van der Waals surface area (Å²) in [5, 5.41) is 4.07. The first kappa shape index (κ1) is 8.68. The fourth-order valence-electron chi connectivity index (χ4n) is 1.14. The van der Waals surface area contributed by atoms with Gasteiger partial charge in [-0.3, -0.25) is 0 Å². The Morgan fingerprint density at radius 3 is 2.86 bits per heavy atom. The lowest BCUT2D eigenvalue weighted by Crippen LogP contribution is -2.02. The first-order valence-corrected chi connectivity index (χ1v) is 4.19. The molecule has 0 aliphatic rings. The van der Waals surface area contributed by atoms with Gasteiger partial charge in [0.2, 0.25) is 0 Å². The SMILES string of the molecule is COc1nc(C)cc(-n2cccn2)n1. The molecule has 14 heavy (non-hydrogen) atoms. The van der Waals surface area contributed by atoms with Crippen molar-refractivity contribution in [3.8, 4) is 11.8 Å². The van der Waals surface area contributed by atoms with Crippen LogP contribution >= 0.6 is 0 Å². The maximum absolute atomic E-state index is 4.97. The molecule has 0 N–H and O–H groups in total. The van der Waals surface area contributed by atoms with Crippen LogP contribution in [0.25, 0.3) is 5.82 Å². The van der Waals surface area contributed by atoms with Gasteiger partial charge in [-0.1, -0.05) is 0 Å². The molecular formula is C9H10N4O. The molecule has 0 saturated heterocycles. The van der Waals surface area contributed by atoms with E-state index >= 15 is 0 Å². The molecule has 0 aliphatic carbocycles. The Morgan fingerprint density at radius 2 is 2.21 bits per heavy atom. The summed E-state index contributed by atoms with van der Waals surface area (Å²) in [6.07, 6.45) is 3.52. The Bertz CT molecular complexity index is 424. The van der Waals surface area contributed by atoms with E-state index in [1.807, 2.05) is 25.3 Å². The van der Waals surface area contributed by atoms with E-state index in [2.05, 4.69) is 15.1 Å². The van der Waals surface area contributed by atoms with Crippen molar-refractivity contribution in [3.05, 3.63) is 30.2 Å². The van der Waals surface area contributed by atoms with E-state index in [0.717, 1.165) is 5.69 Å². The normalized spacial score (nSPS) is 10.1. The van der Waals surface area contributed by atoms with E-state index < -0.39 is 0 Å². The zero-order valence-electron chi connectivity index (χ0n) is 8.01. The van der Waals surface area contributed by atoms with Crippen molar-refractivity contribution in [1.82, 2.24) is 19.7 Å². The van der Waals surface area contributed by atoms with E-state index in [0.29, 0.717) is 11.8 Å². The number of aryl methyl sites for hydroxylation is 1. The first-order valence-electron chi connectivity index (χ1n) is 4.19. The van der Waals surface area contributed by atoms with Gasteiger partial charge in [0.25, 0.3) is 0 Å². The minimum absolute atomic E-state index is 0.357. The topological polar surface area (TPSA) is 52.8 Å². The summed E-state index contributed by atoms with van der Waals surface area (Å²) in [7, 11) is 1.54. The fraction of sp³-hybridized carbons (Fsp3) is 0.222. The molecule has 0 radical (unpaired) electrons. The predicted octanol–water partition coefficient (Wildman–Crippen LogP) is 0.979. The van der Waals surface area contributed by atoms with Crippen molar-refractivity contribution in [3.63, 3.8) is 0 Å². The largest absolute Gasteiger partial charge is 0.467 e. The van der Waals surface area contributed by atoms with Gasteiger partial charge in [0, 0.05) is 24.2 Å². The highest BCUT2D eigenvalue weighted by Gasteiger charge is 2.03. The van der Waals surface area contributed by atoms with Gasteiger partial charge >= 0.3 is 6.01 Å². The van der Waals surface area contributed by atoms with Crippen molar-refractivity contribution < 1.29 is 4.74 Å². The molecule has 0 saturated carbocycles. The van der Waals surface area contributed by atoms with Crippen molar-refractivity contribution in [2.75, 3.05) is 7.11 Å². The van der Waals surface area contributed by atoms with Gasteiger partial charge in [-0.05, 0) is 13.0 Å². The van der Waals surface area contributed by atoms with Gasteiger partial charge in [0.15, 0.2) is 5.82 Å². The summed E-state index contributed by atoms with van der Waals surface area (Å²) in [5.74, 6) is 0.708. The molecular weight excluding hydrogens is 180 g/mol. The molecule has 0 fully saturated rings. The van der Waals surface area contributed by atoms with Crippen molar-refractivity contribution in [2.24, 2.45) is 0 Å². The first-order chi connectivity index (χ1) is 6.79. The number of methoxy groups -OCH3 is 1. The van der Waals surface area contributed by atoms with Crippen molar-refractivity contribution in [2.45, 2.75) is 6.92 Å². The number of aromatic nitrogens is 4.